The number of carbonyl (C=O) groups is 1. The van der Waals surface area contributed by atoms with Crippen LogP contribution in [-0.4, -0.2) is 44.1 Å². The van der Waals surface area contributed by atoms with Gasteiger partial charge in [-0.2, -0.15) is 11.3 Å². The number of rotatable bonds is 12. The maximum absolute atomic E-state index is 11.8. The number of quaternary nitrogens is 1. The maximum Gasteiger partial charge on any atom is 0.224 e. The zero-order valence-corrected chi connectivity index (χ0v) is 15.4. The van der Waals surface area contributed by atoms with E-state index in [-0.39, 0.29) is 5.91 Å². The minimum Gasteiger partial charge on any atom is -0.350 e. The Morgan fingerprint density at radius 1 is 1.14 bits per heavy atom. The molecule has 126 valence electrons. The van der Waals surface area contributed by atoms with Gasteiger partial charge in [-0.15, -0.1) is 0 Å². The second kappa shape index (κ2) is 10.8. The van der Waals surface area contributed by atoms with E-state index in [1.165, 1.54) is 45.1 Å². The number of hydrogen-bond acceptors (Lipinski definition) is 2. The minimum absolute atomic E-state index is 0.137. The van der Waals surface area contributed by atoms with Crippen LogP contribution < -0.4 is 5.32 Å². The molecule has 0 radical (unpaired) electrons. The van der Waals surface area contributed by atoms with Gasteiger partial charge < -0.3 is 9.80 Å². The molecule has 0 aliphatic carbocycles. The van der Waals surface area contributed by atoms with Crippen molar-refractivity contribution in [2.45, 2.75) is 51.9 Å². The second-order valence-corrected chi connectivity index (χ2v) is 7.59. The van der Waals surface area contributed by atoms with E-state index in [4.69, 9.17) is 0 Å². The Labute approximate surface area is 140 Å². The van der Waals surface area contributed by atoms with Crippen LogP contribution in [0.5, 0.6) is 0 Å². The van der Waals surface area contributed by atoms with Crippen molar-refractivity contribution in [2.75, 3.05) is 33.7 Å². The Bertz CT molecular complexity index is 401. The summed E-state index contributed by atoms with van der Waals surface area (Å²) in [6.45, 7) is 5.23. The van der Waals surface area contributed by atoms with Gasteiger partial charge in [0.15, 0.2) is 0 Å². The molecule has 0 fully saturated rings. The third kappa shape index (κ3) is 9.21. The number of amides is 1. The summed E-state index contributed by atoms with van der Waals surface area (Å²) in [5.74, 6) is 0.137. The Morgan fingerprint density at radius 2 is 1.86 bits per heavy atom. The van der Waals surface area contributed by atoms with Crippen LogP contribution in [0.2, 0.25) is 0 Å². The fourth-order valence-electron chi connectivity index (χ4n) is 2.57. The Kier molecular flexibility index (Phi) is 9.41. The molecule has 1 aromatic heterocycles. The molecule has 1 aromatic rings. The zero-order valence-electron chi connectivity index (χ0n) is 14.6. The first-order valence-corrected chi connectivity index (χ1v) is 9.57. The molecule has 0 saturated carbocycles. The zero-order chi connectivity index (χ0) is 16.3. The van der Waals surface area contributed by atoms with Crippen LogP contribution in [-0.2, 0) is 11.2 Å². The van der Waals surface area contributed by atoms with E-state index in [2.05, 4.69) is 26.3 Å². The van der Waals surface area contributed by atoms with Crippen LogP contribution in [0.1, 0.15) is 51.0 Å². The largest absolute Gasteiger partial charge is 0.350 e. The van der Waals surface area contributed by atoms with Crippen molar-refractivity contribution >= 4 is 17.2 Å². The van der Waals surface area contributed by atoms with Crippen molar-refractivity contribution in [3.63, 3.8) is 0 Å². The van der Waals surface area contributed by atoms with E-state index < -0.39 is 0 Å². The molecule has 1 amide bonds. The fourth-order valence-corrected chi connectivity index (χ4v) is 3.24. The highest BCUT2D eigenvalue weighted by Gasteiger charge is 2.14. The molecule has 0 spiro atoms. The normalized spacial score (nSPS) is 11.6. The molecular weight excluding hydrogens is 292 g/mol. The maximum atomic E-state index is 11.8. The summed E-state index contributed by atoms with van der Waals surface area (Å²) in [4.78, 5) is 11.8. The summed E-state index contributed by atoms with van der Waals surface area (Å²) in [6, 6.07) is 2.02. The van der Waals surface area contributed by atoms with E-state index in [0.717, 1.165) is 23.1 Å². The van der Waals surface area contributed by atoms with Crippen molar-refractivity contribution in [1.29, 1.82) is 0 Å². The predicted octanol–water partition coefficient (Wildman–Crippen LogP) is 3.84. The quantitative estimate of drug-likeness (QED) is 0.459. The molecule has 4 heteroatoms. The van der Waals surface area contributed by atoms with Gasteiger partial charge in [0, 0.05) is 0 Å². The number of likely N-dealkylation sites (N-methyl/N-ethyl adjacent to an activating group) is 1. The monoisotopic (exact) mass is 325 g/mol. The van der Waals surface area contributed by atoms with Crippen LogP contribution in [0.15, 0.2) is 16.8 Å². The first-order chi connectivity index (χ1) is 10.5. The standard InChI is InChI=1S/C18H32N2OS/c1-4-5-6-7-8-9-12-20(2,3)13-11-19-18(21)15-17-10-14-22-16-17/h10,14,16H,4-9,11-13,15H2,1-3H3/p+1. The SMILES string of the molecule is CCCCCCCC[N+](C)(C)CCNC(=O)Cc1ccsc1. The third-order valence-electron chi connectivity index (χ3n) is 4.10. The average molecular weight is 326 g/mol. The molecule has 0 aliphatic rings. The molecule has 1 rings (SSSR count). The van der Waals surface area contributed by atoms with E-state index in [1.807, 2.05) is 16.8 Å². The highest BCUT2D eigenvalue weighted by molar-refractivity contribution is 7.07. The predicted molar refractivity (Wildman–Crippen MR) is 96.3 cm³/mol. The Balaban J connectivity index is 2.07. The number of hydrogen-bond donors (Lipinski definition) is 1. The molecule has 0 bridgehead atoms. The van der Waals surface area contributed by atoms with E-state index in [1.54, 1.807) is 11.3 Å². The summed E-state index contributed by atoms with van der Waals surface area (Å²) in [7, 11) is 4.52. The highest BCUT2D eigenvalue weighted by atomic mass is 32.1. The molecule has 0 unspecified atom stereocenters. The number of nitrogens with one attached hydrogen (secondary N) is 1. The Hall–Kier alpha value is -0.870. The molecule has 0 aromatic carbocycles. The van der Waals surface area contributed by atoms with Gasteiger partial charge in [-0.3, -0.25) is 4.79 Å². The molecule has 1 N–H and O–H groups in total. The van der Waals surface area contributed by atoms with Gasteiger partial charge in [-0.1, -0.05) is 32.6 Å². The van der Waals surface area contributed by atoms with E-state index in [0.29, 0.717) is 6.42 Å². The lowest BCUT2D eigenvalue weighted by Crippen LogP contribution is -2.46. The number of thiophene rings is 1. The highest BCUT2D eigenvalue weighted by Crippen LogP contribution is 2.08. The first kappa shape index (κ1) is 19.2. The molecule has 0 atom stereocenters. The molecule has 1 heterocycles. The summed E-state index contributed by atoms with van der Waals surface area (Å²) >= 11 is 1.64. The smallest absolute Gasteiger partial charge is 0.224 e. The number of unbranched alkanes of at least 4 members (excludes halogenated alkanes) is 5. The second-order valence-electron chi connectivity index (χ2n) is 6.81. The molecule has 0 saturated heterocycles. The number of nitrogens with zero attached hydrogens (tertiary/aromatic N) is 1. The van der Waals surface area contributed by atoms with E-state index >= 15 is 0 Å². The lowest BCUT2D eigenvalue weighted by Gasteiger charge is -2.30. The number of carbonyl (C=O) groups excluding carboxylic acids is 1. The van der Waals surface area contributed by atoms with Crippen molar-refractivity contribution in [3.8, 4) is 0 Å². The summed E-state index contributed by atoms with van der Waals surface area (Å²) in [5.41, 5.74) is 1.11. The van der Waals surface area contributed by atoms with Gasteiger partial charge >= 0.3 is 0 Å². The molecule has 22 heavy (non-hydrogen) atoms. The van der Waals surface area contributed by atoms with E-state index in [9.17, 15) is 4.79 Å². The van der Waals surface area contributed by atoms with Crippen molar-refractivity contribution in [1.82, 2.24) is 5.32 Å². The van der Waals surface area contributed by atoms with Gasteiger partial charge in [-0.05, 0) is 35.2 Å². The van der Waals surface area contributed by atoms with Gasteiger partial charge in [0.2, 0.25) is 5.91 Å². The van der Waals surface area contributed by atoms with Gasteiger partial charge in [0.05, 0.1) is 40.2 Å². The lowest BCUT2D eigenvalue weighted by molar-refractivity contribution is -0.889. The fraction of sp³-hybridized carbons (Fsp3) is 0.722. The lowest BCUT2D eigenvalue weighted by atomic mass is 10.1. The van der Waals surface area contributed by atoms with Gasteiger partial charge in [-0.25, -0.2) is 0 Å². The third-order valence-corrected chi connectivity index (χ3v) is 4.83. The van der Waals surface area contributed by atoms with Crippen molar-refractivity contribution in [3.05, 3.63) is 22.4 Å². The summed E-state index contributed by atoms with van der Waals surface area (Å²) < 4.78 is 0.993. The van der Waals surface area contributed by atoms with Crippen LogP contribution in [0.25, 0.3) is 0 Å². The first-order valence-electron chi connectivity index (χ1n) is 8.63. The van der Waals surface area contributed by atoms with Crippen LogP contribution >= 0.6 is 11.3 Å². The van der Waals surface area contributed by atoms with Crippen molar-refractivity contribution in [2.24, 2.45) is 0 Å². The Morgan fingerprint density at radius 3 is 2.55 bits per heavy atom. The van der Waals surface area contributed by atoms with Gasteiger partial charge in [0.1, 0.15) is 0 Å². The summed E-state index contributed by atoms with van der Waals surface area (Å²) in [6.07, 6.45) is 8.56. The average Bonchev–Trinajstić information content (AvgIpc) is 2.95. The van der Waals surface area contributed by atoms with Crippen LogP contribution in [0.3, 0.4) is 0 Å². The van der Waals surface area contributed by atoms with Gasteiger partial charge in [0.25, 0.3) is 0 Å². The molecule has 0 aliphatic heterocycles. The van der Waals surface area contributed by atoms with Crippen LogP contribution in [0, 0.1) is 0 Å². The molecular formula is C18H33N2OS+. The topological polar surface area (TPSA) is 29.1 Å². The minimum atomic E-state index is 0.137. The van der Waals surface area contributed by atoms with Crippen molar-refractivity contribution < 1.29 is 9.28 Å². The van der Waals surface area contributed by atoms with Crippen LogP contribution in [0.4, 0.5) is 0 Å². The molecule has 3 nitrogen and oxygen atoms in total. The summed E-state index contributed by atoms with van der Waals surface area (Å²) in [5, 5.41) is 7.10.